The number of aromatic nitrogens is 3. The molecule has 1 aromatic carbocycles. The Labute approximate surface area is 103 Å². The topological polar surface area (TPSA) is 56.7 Å². The third-order valence-corrected chi connectivity index (χ3v) is 3.62. The lowest BCUT2D eigenvalue weighted by Gasteiger charge is -2.03. The van der Waals surface area contributed by atoms with Crippen LogP contribution in [0.1, 0.15) is 5.56 Å². The maximum atomic E-state index is 6.05. The maximum absolute atomic E-state index is 6.05. The molecule has 0 unspecified atom stereocenters. The van der Waals surface area contributed by atoms with Crippen molar-refractivity contribution in [3.63, 3.8) is 0 Å². The summed E-state index contributed by atoms with van der Waals surface area (Å²) in [5.41, 5.74) is 6.67. The quantitative estimate of drug-likeness (QED) is 0.855. The van der Waals surface area contributed by atoms with E-state index in [1.54, 1.807) is 16.3 Å². The molecule has 0 radical (unpaired) electrons. The lowest BCUT2D eigenvalue weighted by atomic mass is 10.2. The highest BCUT2D eigenvalue weighted by atomic mass is 35.5. The van der Waals surface area contributed by atoms with E-state index >= 15 is 0 Å². The first kappa shape index (κ1) is 11.3. The minimum Gasteiger partial charge on any atom is -0.368 e. The van der Waals surface area contributed by atoms with E-state index in [1.807, 2.05) is 31.3 Å². The average Bonchev–Trinajstić information content (AvgIpc) is 2.59. The number of rotatable bonds is 3. The largest absolute Gasteiger partial charge is 0.368 e. The Bertz CT molecular complexity index is 497. The van der Waals surface area contributed by atoms with Crippen LogP contribution >= 0.6 is 23.4 Å². The number of hydrogen-bond donors (Lipinski definition) is 1. The minimum absolute atomic E-state index is 0.418. The molecule has 0 aliphatic rings. The molecule has 0 saturated heterocycles. The summed E-state index contributed by atoms with van der Waals surface area (Å²) in [5, 5.41) is 9.31. The zero-order valence-electron chi connectivity index (χ0n) is 8.72. The molecule has 2 N–H and O–H groups in total. The molecule has 0 spiro atoms. The SMILES string of the molecule is Cn1c(N)nnc1SCc1ccccc1Cl. The Morgan fingerprint density at radius 2 is 2.12 bits per heavy atom. The molecule has 0 bridgehead atoms. The summed E-state index contributed by atoms with van der Waals surface area (Å²) in [6, 6.07) is 7.75. The number of thioether (sulfide) groups is 1. The number of benzene rings is 1. The highest BCUT2D eigenvalue weighted by molar-refractivity contribution is 7.98. The third-order valence-electron chi connectivity index (χ3n) is 2.18. The summed E-state index contributed by atoms with van der Waals surface area (Å²) in [6.07, 6.45) is 0. The van der Waals surface area contributed by atoms with Crippen LogP contribution in [0.5, 0.6) is 0 Å². The van der Waals surface area contributed by atoms with Crippen molar-refractivity contribution >= 4 is 29.3 Å². The molecule has 0 aliphatic heterocycles. The van der Waals surface area contributed by atoms with Crippen LogP contribution in [0.4, 0.5) is 5.95 Å². The first-order valence-electron chi connectivity index (χ1n) is 4.69. The molecule has 0 fully saturated rings. The molecule has 84 valence electrons. The number of nitrogen functional groups attached to an aromatic ring is 1. The number of anilines is 1. The van der Waals surface area contributed by atoms with Crippen molar-refractivity contribution in [2.45, 2.75) is 10.9 Å². The third kappa shape index (κ3) is 2.31. The van der Waals surface area contributed by atoms with E-state index in [9.17, 15) is 0 Å². The van der Waals surface area contributed by atoms with E-state index in [-0.39, 0.29) is 0 Å². The summed E-state index contributed by atoms with van der Waals surface area (Å²) in [4.78, 5) is 0. The summed E-state index contributed by atoms with van der Waals surface area (Å²) >= 11 is 7.61. The van der Waals surface area contributed by atoms with Crippen LogP contribution in [0.3, 0.4) is 0 Å². The van der Waals surface area contributed by atoms with Gasteiger partial charge in [0.05, 0.1) is 0 Å². The van der Waals surface area contributed by atoms with Gasteiger partial charge in [0.2, 0.25) is 5.95 Å². The van der Waals surface area contributed by atoms with Crippen LogP contribution in [-0.2, 0) is 12.8 Å². The lowest BCUT2D eigenvalue weighted by Crippen LogP contribution is -1.98. The zero-order chi connectivity index (χ0) is 11.5. The molecule has 4 nitrogen and oxygen atoms in total. The van der Waals surface area contributed by atoms with Gasteiger partial charge in [-0.3, -0.25) is 4.57 Å². The zero-order valence-corrected chi connectivity index (χ0v) is 10.3. The van der Waals surface area contributed by atoms with E-state index in [1.165, 1.54) is 0 Å². The van der Waals surface area contributed by atoms with E-state index in [0.29, 0.717) is 5.95 Å². The van der Waals surface area contributed by atoms with Gasteiger partial charge in [-0.05, 0) is 11.6 Å². The second-order valence-electron chi connectivity index (χ2n) is 3.28. The van der Waals surface area contributed by atoms with Crippen molar-refractivity contribution in [2.75, 3.05) is 5.73 Å². The fourth-order valence-corrected chi connectivity index (χ4v) is 2.41. The number of nitrogens with zero attached hydrogens (tertiary/aromatic N) is 3. The van der Waals surface area contributed by atoms with Crippen molar-refractivity contribution in [1.82, 2.24) is 14.8 Å². The van der Waals surface area contributed by atoms with Gasteiger partial charge in [0.25, 0.3) is 0 Å². The average molecular weight is 255 g/mol. The van der Waals surface area contributed by atoms with Gasteiger partial charge in [0.15, 0.2) is 5.16 Å². The van der Waals surface area contributed by atoms with Crippen molar-refractivity contribution < 1.29 is 0 Å². The lowest BCUT2D eigenvalue weighted by molar-refractivity contribution is 0.796. The van der Waals surface area contributed by atoms with Crippen LogP contribution in [0.15, 0.2) is 29.4 Å². The minimum atomic E-state index is 0.418. The van der Waals surface area contributed by atoms with Gasteiger partial charge in [0.1, 0.15) is 0 Å². The van der Waals surface area contributed by atoms with Crippen LogP contribution in [0.25, 0.3) is 0 Å². The predicted octanol–water partition coefficient (Wildman–Crippen LogP) is 2.34. The van der Waals surface area contributed by atoms with E-state index in [0.717, 1.165) is 21.5 Å². The van der Waals surface area contributed by atoms with Gasteiger partial charge in [-0.2, -0.15) is 0 Å². The van der Waals surface area contributed by atoms with Crippen molar-refractivity contribution in [1.29, 1.82) is 0 Å². The van der Waals surface area contributed by atoms with Crippen molar-refractivity contribution in [3.8, 4) is 0 Å². The smallest absolute Gasteiger partial charge is 0.222 e. The molecule has 0 saturated carbocycles. The monoisotopic (exact) mass is 254 g/mol. The standard InChI is InChI=1S/C10H11ClN4S/c1-15-9(12)13-14-10(15)16-6-7-4-2-3-5-8(7)11/h2-5H,6H2,1H3,(H2,12,13). The van der Waals surface area contributed by atoms with Crippen LogP contribution < -0.4 is 5.73 Å². The molecule has 6 heteroatoms. The number of hydrogen-bond acceptors (Lipinski definition) is 4. The molecule has 0 amide bonds. The Morgan fingerprint density at radius 3 is 2.75 bits per heavy atom. The van der Waals surface area contributed by atoms with Crippen LogP contribution in [0, 0.1) is 0 Å². The molecule has 0 atom stereocenters. The Balaban J connectivity index is 2.08. The summed E-state index contributed by atoms with van der Waals surface area (Å²) < 4.78 is 1.75. The van der Waals surface area contributed by atoms with Gasteiger partial charge < -0.3 is 5.73 Å². The molecular formula is C10H11ClN4S. The second-order valence-corrected chi connectivity index (χ2v) is 4.63. The van der Waals surface area contributed by atoms with E-state index in [4.69, 9.17) is 17.3 Å². The molecular weight excluding hydrogens is 244 g/mol. The molecule has 16 heavy (non-hydrogen) atoms. The Hall–Kier alpha value is -1.20. The summed E-state index contributed by atoms with van der Waals surface area (Å²) in [5.74, 6) is 1.17. The molecule has 1 aromatic heterocycles. The predicted molar refractivity (Wildman–Crippen MR) is 66.4 cm³/mol. The molecule has 2 rings (SSSR count). The van der Waals surface area contributed by atoms with Crippen molar-refractivity contribution in [3.05, 3.63) is 34.9 Å². The van der Waals surface area contributed by atoms with Gasteiger partial charge >= 0.3 is 0 Å². The fraction of sp³-hybridized carbons (Fsp3) is 0.200. The van der Waals surface area contributed by atoms with Gasteiger partial charge in [0, 0.05) is 17.8 Å². The number of nitrogens with two attached hydrogens (primary N) is 1. The fourth-order valence-electron chi connectivity index (χ4n) is 1.21. The first-order valence-corrected chi connectivity index (χ1v) is 6.06. The summed E-state index contributed by atoms with van der Waals surface area (Å²) in [6.45, 7) is 0. The van der Waals surface area contributed by atoms with E-state index < -0.39 is 0 Å². The van der Waals surface area contributed by atoms with Gasteiger partial charge in [-0.1, -0.05) is 41.6 Å². The van der Waals surface area contributed by atoms with Gasteiger partial charge in [-0.15, -0.1) is 10.2 Å². The van der Waals surface area contributed by atoms with Gasteiger partial charge in [-0.25, -0.2) is 0 Å². The molecule has 1 heterocycles. The normalized spacial score (nSPS) is 10.6. The Morgan fingerprint density at radius 1 is 1.38 bits per heavy atom. The van der Waals surface area contributed by atoms with Crippen LogP contribution in [0.2, 0.25) is 5.02 Å². The van der Waals surface area contributed by atoms with Crippen LogP contribution in [-0.4, -0.2) is 14.8 Å². The highest BCUT2D eigenvalue weighted by Crippen LogP contribution is 2.25. The Kier molecular flexibility index (Phi) is 3.36. The number of halogens is 1. The summed E-state index contributed by atoms with van der Waals surface area (Å²) in [7, 11) is 1.84. The molecule has 2 aromatic rings. The molecule has 0 aliphatic carbocycles. The first-order chi connectivity index (χ1) is 7.68. The van der Waals surface area contributed by atoms with Crippen molar-refractivity contribution in [2.24, 2.45) is 7.05 Å². The maximum Gasteiger partial charge on any atom is 0.222 e. The highest BCUT2D eigenvalue weighted by Gasteiger charge is 2.07. The second kappa shape index (κ2) is 4.76. The van der Waals surface area contributed by atoms with E-state index in [2.05, 4.69) is 10.2 Å².